The smallest absolute Gasteiger partial charge is 0.105 e. The molecule has 0 unspecified atom stereocenters. The van der Waals surface area contributed by atoms with Crippen LogP contribution in [-0.2, 0) is 11.3 Å². The van der Waals surface area contributed by atoms with E-state index in [1.54, 1.807) is 0 Å². The average Bonchev–Trinajstić information content (AvgIpc) is 2.91. The maximum Gasteiger partial charge on any atom is 0.105 e. The minimum atomic E-state index is 0.880. The Kier molecular flexibility index (Phi) is 3.19. The number of hydrogen-bond acceptors (Lipinski definition) is 2. The molecule has 78 valence electrons. The van der Waals surface area contributed by atoms with Gasteiger partial charge in [-0.15, -0.1) is 0 Å². The minimum absolute atomic E-state index is 0.880. The van der Waals surface area contributed by atoms with Crippen LogP contribution in [0.5, 0.6) is 0 Å². The number of nitrogens with zero attached hydrogens (tertiary/aromatic N) is 2. The lowest BCUT2D eigenvalue weighted by Gasteiger charge is -2.05. The molecule has 0 bridgehead atoms. The third-order valence-corrected chi connectivity index (χ3v) is 2.66. The summed E-state index contributed by atoms with van der Waals surface area (Å²) in [4.78, 5) is 4.18. The van der Waals surface area contributed by atoms with Crippen LogP contribution in [0.15, 0.2) is 12.4 Å². The Hall–Kier alpha value is -0.830. The number of hydrogen-bond donors (Lipinski definition) is 0. The van der Waals surface area contributed by atoms with Gasteiger partial charge in [0, 0.05) is 32.2 Å². The van der Waals surface area contributed by atoms with Gasteiger partial charge in [-0.05, 0) is 32.1 Å². The molecule has 0 amide bonds. The van der Waals surface area contributed by atoms with Gasteiger partial charge in [-0.2, -0.15) is 0 Å². The van der Waals surface area contributed by atoms with Crippen molar-refractivity contribution in [3.05, 3.63) is 18.2 Å². The van der Waals surface area contributed by atoms with Gasteiger partial charge in [0.25, 0.3) is 0 Å². The van der Waals surface area contributed by atoms with Crippen molar-refractivity contribution in [1.82, 2.24) is 9.55 Å². The van der Waals surface area contributed by atoms with Gasteiger partial charge in [-0.1, -0.05) is 0 Å². The maximum atomic E-state index is 5.56. The Morgan fingerprint density at radius 2 is 2.43 bits per heavy atom. The summed E-state index contributed by atoms with van der Waals surface area (Å²) in [6, 6.07) is 0. The zero-order valence-corrected chi connectivity index (χ0v) is 8.78. The average molecular weight is 194 g/mol. The van der Waals surface area contributed by atoms with Gasteiger partial charge in [0.15, 0.2) is 0 Å². The summed E-state index contributed by atoms with van der Waals surface area (Å²) in [7, 11) is 0. The molecule has 1 aromatic heterocycles. The van der Waals surface area contributed by atoms with Crippen LogP contribution in [0.1, 0.15) is 25.1 Å². The summed E-state index contributed by atoms with van der Waals surface area (Å²) in [6.07, 6.45) is 7.71. The number of rotatable bonds is 6. The van der Waals surface area contributed by atoms with Crippen molar-refractivity contribution in [2.24, 2.45) is 5.92 Å². The zero-order chi connectivity index (χ0) is 9.80. The zero-order valence-electron chi connectivity index (χ0n) is 8.78. The molecule has 0 saturated heterocycles. The number of aryl methyl sites for hydroxylation is 2. The molecule has 1 aromatic rings. The van der Waals surface area contributed by atoms with Gasteiger partial charge >= 0.3 is 0 Å². The van der Waals surface area contributed by atoms with Crippen molar-refractivity contribution in [3.63, 3.8) is 0 Å². The van der Waals surface area contributed by atoms with Crippen LogP contribution < -0.4 is 0 Å². The summed E-state index contributed by atoms with van der Waals surface area (Å²) >= 11 is 0. The second kappa shape index (κ2) is 4.60. The molecular weight excluding hydrogens is 176 g/mol. The second-order valence-corrected chi connectivity index (χ2v) is 4.04. The number of imidazole rings is 1. The van der Waals surface area contributed by atoms with Crippen LogP contribution in [0.2, 0.25) is 0 Å². The fraction of sp³-hybridized carbons (Fsp3) is 0.727. The molecule has 1 heterocycles. The molecule has 0 spiro atoms. The van der Waals surface area contributed by atoms with Crippen molar-refractivity contribution in [2.75, 3.05) is 13.2 Å². The van der Waals surface area contributed by atoms with E-state index in [0.29, 0.717) is 0 Å². The molecule has 14 heavy (non-hydrogen) atoms. The fourth-order valence-electron chi connectivity index (χ4n) is 1.51. The quantitative estimate of drug-likeness (QED) is 0.648. The number of ether oxygens (including phenoxy) is 1. The first-order valence-corrected chi connectivity index (χ1v) is 5.42. The van der Waals surface area contributed by atoms with E-state index in [1.807, 2.05) is 19.3 Å². The monoisotopic (exact) mass is 194 g/mol. The van der Waals surface area contributed by atoms with Crippen LogP contribution in [0, 0.1) is 12.8 Å². The van der Waals surface area contributed by atoms with E-state index in [9.17, 15) is 0 Å². The molecule has 0 aromatic carbocycles. The second-order valence-electron chi connectivity index (χ2n) is 4.04. The highest BCUT2D eigenvalue weighted by Crippen LogP contribution is 2.28. The van der Waals surface area contributed by atoms with E-state index < -0.39 is 0 Å². The third kappa shape index (κ3) is 2.84. The van der Waals surface area contributed by atoms with Crippen molar-refractivity contribution in [1.29, 1.82) is 0 Å². The summed E-state index contributed by atoms with van der Waals surface area (Å²) in [5.74, 6) is 1.97. The van der Waals surface area contributed by atoms with Crippen molar-refractivity contribution >= 4 is 0 Å². The first-order chi connectivity index (χ1) is 6.86. The summed E-state index contributed by atoms with van der Waals surface area (Å²) in [6.45, 7) is 4.92. The summed E-state index contributed by atoms with van der Waals surface area (Å²) in [5.41, 5.74) is 0. The molecule has 3 nitrogen and oxygen atoms in total. The van der Waals surface area contributed by atoms with Crippen molar-refractivity contribution in [3.8, 4) is 0 Å². The molecular formula is C11H18N2O. The Labute approximate surface area is 85.1 Å². The highest BCUT2D eigenvalue weighted by atomic mass is 16.5. The van der Waals surface area contributed by atoms with Gasteiger partial charge in [0.1, 0.15) is 5.82 Å². The molecule has 1 saturated carbocycles. The van der Waals surface area contributed by atoms with Crippen LogP contribution in [-0.4, -0.2) is 22.8 Å². The lowest BCUT2D eigenvalue weighted by molar-refractivity contribution is 0.119. The van der Waals surface area contributed by atoms with Gasteiger partial charge in [0.2, 0.25) is 0 Å². The van der Waals surface area contributed by atoms with Crippen LogP contribution >= 0.6 is 0 Å². The van der Waals surface area contributed by atoms with Gasteiger partial charge in [0.05, 0.1) is 0 Å². The first kappa shape index (κ1) is 9.71. The highest BCUT2D eigenvalue weighted by molar-refractivity contribution is 4.87. The predicted octanol–water partition coefficient (Wildman–Crippen LogP) is 2.01. The van der Waals surface area contributed by atoms with Gasteiger partial charge in [-0.25, -0.2) is 4.98 Å². The summed E-state index contributed by atoms with van der Waals surface area (Å²) in [5, 5.41) is 0. The highest BCUT2D eigenvalue weighted by Gasteiger charge is 2.20. The Morgan fingerprint density at radius 3 is 3.07 bits per heavy atom. The van der Waals surface area contributed by atoms with E-state index in [1.165, 1.54) is 12.8 Å². The van der Waals surface area contributed by atoms with E-state index >= 15 is 0 Å². The van der Waals surface area contributed by atoms with E-state index in [2.05, 4.69) is 9.55 Å². The molecule has 3 heteroatoms. The molecule has 1 aliphatic carbocycles. The third-order valence-electron chi connectivity index (χ3n) is 2.66. The Morgan fingerprint density at radius 1 is 1.57 bits per heavy atom. The van der Waals surface area contributed by atoms with Crippen molar-refractivity contribution in [2.45, 2.75) is 32.7 Å². The van der Waals surface area contributed by atoms with Crippen LogP contribution in [0.25, 0.3) is 0 Å². The lowest BCUT2D eigenvalue weighted by atomic mass is 10.4. The molecule has 0 atom stereocenters. The molecule has 1 aliphatic rings. The fourth-order valence-corrected chi connectivity index (χ4v) is 1.51. The number of aromatic nitrogens is 2. The SMILES string of the molecule is Cc1nccn1CCCOCC1CC1. The molecule has 2 rings (SSSR count). The Balaban J connectivity index is 1.56. The maximum absolute atomic E-state index is 5.56. The topological polar surface area (TPSA) is 27.1 Å². The largest absolute Gasteiger partial charge is 0.381 e. The Bertz CT molecular complexity index is 279. The van der Waals surface area contributed by atoms with Crippen molar-refractivity contribution < 1.29 is 4.74 Å². The first-order valence-electron chi connectivity index (χ1n) is 5.42. The van der Waals surface area contributed by atoms with E-state index in [0.717, 1.165) is 37.9 Å². The minimum Gasteiger partial charge on any atom is -0.381 e. The van der Waals surface area contributed by atoms with Crippen LogP contribution in [0.3, 0.4) is 0 Å². The standard InChI is InChI=1S/C11H18N2O/c1-10-12-5-7-13(10)6-2-8-14-9-11-3-4-11/h5,7,11H,2-4,6,8-9H2,1H3. The lowest BCUT2D eigenvalue weighted by Crippen LogP contribution is -2.04. The predicted molar refractivity (Wildman–Crippen MR) is 55.1 cm³/mol. The normalized spacial score (nSPS) is 16.1. The van der Waals surface area contributed by atoms with Gasteiger partial charge in [-0.3, -0.25) is 0 Å². The van der Waals surface area contributed by atoms with Gasteiger partial charge < -0.3 is 9.30 Å². The van der Waals surface area contributed by atoms with Crippen LogP contribution in [0.4, 0.5) is 0 Å². The molecule has 0 aliphatic heterocycles. The molecule has 0 radical (unpaired) electrons. The molecule has 1 fully saturated rings. The van der Waals surface area contributed by atoms with E-state index in [4.69, 9.17) is 4.74 Å². The van der Waals surface area contributed by atoms with E-state index in [-0.39, 0.29) is 0 Å². The molecule has 0 N–H and O–H groups in total. The summed E-state index contributed by atoms with van der Waals surface area (Å²) < 4.78 is 7.73.